The number of thioether (sulfide) groups is 1. The lowest BCUT2D eigenvalue weighted by Crippen LogP contribution is -2.40. The smallest absolute Gasteiger partial charge is 0.453 e. The Morgan fingerprint density at radius 3 is 2.31 bits per heavy atom. The number of sulfonamides is 1. The Hall–Kier alpha value is -3.00. The largest absolute Gasteiger partial charge is 0.508 e. The lowest BCUT2D eigenvalue weighted by molar-refractivity contribution is -0.284. The molecule has 4 N–H and O–H groups in total. The normalized spacial score (nSPS) is 18.9. The SMILES string of the molecule is CC1(c2ccc(O)cc2)CSc2cc(O)ccc2C1CCCCCCCC=CNC(=O)NS(=O)(=O)CCCC(F)(F)C(F)(F)F. The predicted molar refractivity (Wildman–Crippen MR) is 164 cm³/mol. The Balaban J connectivity index is 1.37. The molecule has 2 aromatic rings. The fourth-order valence-electron chi connectivity index (χ4n) is 5.41. The second-order valence-electron chi connectivity index (χ2n) is 11.5. The number of phenolic OH excluding ortho intramolecular Hbond substituents is 2. The molecule has 1 aliphatic heterocycles. The van der Waals surface area contributed by atoms with Crippen molar-refractivity contribution in [2.24, 2.45) is 0 Å². The molecular weight excluding hydrogens is 639 g/mol. The molecule has 0 aliphatic carbocycles. The molecular formula is C31H39F5N2O5S2. The summed E-state index contributed by atoms with van der Waals surface area (Å²) >= 11 is 1.73. The molecule has 45 heavy (non-hydrogen) atoms. The zero-order valence-corrected chi connectivity index (χ0v) is 26.5. The molecule has 0 aromatic heterocycles. The van der Waals surface area contributed by atoms with Crippen LogP contribution in [0.3, 0.4) is 0 Å². The van der Waals surface area contributed by atoms with Gasteiger partial charge in [-0.3, -0.25) is 0 Å². The van der Waals surface area contributed by atoms with Crippen molar-refractivity contribution >= 4 is 27.8 Å². The van der Waals surface area contributed by atoms with Crippen LogP contribution in [-0.2, 0) is 15.4 Å². The van der Waals surface area contributed by atoms with Gasteiger partial charge in [0.1, 0.15) is 11.5 Å². The van der Waals surface area contributed by atoms with Crippen molar-refractivity contribution in [2.75, 3.05) is 11.5 Å². The van der Waals surface area contributed by atoms with Crippen molar-refractivity contribution in [2.45, 2.75) is 93.0 Å². The van der Waals surface area contributed by atoms with Crippen LogP contribution < -0.4 is 10.0 Å². The standard InChI is InChI=1S/C31H39F5N2O5S2/c1-29(22-11-13-23(39)14-12-22)21-44-27-20-24(40)15-16-25(27)26(29)10-7-5-3-2-4-6-8-18-37-28(41)38-45(42,43)19-9-17-30(32,33)31(34,35)36/h8,11-16,18,20,26,39-40H,2-7,9-10,17,19,21H2,1H3,(H2,37,38,41). The van der Waals surface area contributed by atoms with Gasteiger partial charge in [0.2, 0.25) is 10.0 Å². The number of alkyl halides is 5. The molecule has 2 atom stereocenters. The lowest BCUT2D eigenvalue weighted by atomic mass is 9.68. The van der Waals surface area contributed by atoms with E-state index in [2.05, 4.69) is 12.2 Å². The number of phenols is 2. The summed E-state index contributed by atoms with van der Waals surface area (Å²) in [5, 5.41) is 22.0. The van der Waals surface area contributed by atoms with Crippen molar-refractivity contribution in [3.8, 4) is 11.5 Å². The number of urea groups is 1. The topological polar surface area (TPSA) is 116 Å². The highest BCUT2D eigenvalue weighted by atomic mass is 32.2. The maximum Gasteiger partial charge on any atom is 0.453 e. The van der Waals surface area contributed by atoms with Crippen molar-refractivity contribution in [1.29, 1.82) is 0 Å². The van der Waals surface area contributed by atoms with Gasteiger partial charge in [-0.1, -0.05) is 56.9 Å². The fourth-order valence-corrected chi connectivity index (χ4v) is 7.79. The van der Waals surface area contributed by atoms with Gasteiger partial charge in [0.05, 0.1) is 5.75 Å². The van der Waals surface area contributed by atoms with Gasteiger partial charge >= 0.3 is 18.1 Å². The lowest BCUT2D eigenvalue weighted by Gasteiger charge is -2.43. The van der Waals surface area contributed by atoms with Gasteiger partial charge in [0, 0.05) is 28.7 Å². The number of unbranched alkanes of at least 4 members (excludes halogenated alkanes) is 5. The summed E-state index contributed by atoms with van der Waals surface area (Å²) in [6, 6.07) is 11.8. The summed E-state index contributed by atoms with van der Waals surface area (Å²) < 4.78 is 87.5. The van der Waals surface area contributed by atoms with E-state index >= 15 is 0 Å². The number of nitrogens with one attached hydrogen (secondary N) is 2. The number of allylic oxidation sites excluding steroid dienone is 1. The van der Waals surface area contributed by atoms with Gasteiger partial charge in [-0.05, 0) is 67.0 Å². The summed E-state index contributed by atoms with van der Waals surface area (Å²) in [5.41, 5.74) is 2.24. The van der Waals surface area contributed by atoms with Crippen molar-refractivity contribution < 1.29 is 45.4 Å². The van der Waals surface area contributed by atoms with Crippen LogP contribution in [0.25, 0.3) is 0 Å². The third kappa shape index (κ3) is 10.5. The molecule has 1 aliphatic rings. The number of carbonyl (C=O) groups excluding carboxylic acids is 1. The molecule has 250 valence electrons. The van der Waals surface area contributed by atoms with E-state index in [9.17, 15) is 45.4 Å². The van der Waals surface area contributed by atoms with Crippen LogP contribution >= 0.6 is 11.8 Å². The van der Waals surface area contributed by atoms with Crippen LogP contribution in [0.1, 0.15) is 81.8 Å². The first-order chi connectivity index (χ1) is 21.0. The Labute approximate surface area is 264 Å². The Bertz CT molecular complexity index is 1420. The summed E-state index contributed by atoms with van der Waals surface area (Å²) in [5.74, 6) is -4.50. The molecule has 0 spiro atoms. The van der Waals surface area contributed by atoms with E-state index in [1.165, 1.54) is 11.8 Å². The van der Waals surface area contributed by atoms with Gasteiger partial charge in [-0.2, -0.15) is 22.0 Å². The predicted octanol–water partition coefficient (Wildman–Crippen LogP) is 8.10. The first-order valence-electron chi connectivity index (χ1n) is 14.7. The summed E-state index contributed by atoms with van der Waals surface area (Å²) in [4.78, 5) is 12.8. The van der Waals surface area contributed by atoms with Gasteiger partial charge in [0.25, 0.3) is 0 Å². The van der Waals surface area contributed by atoms with E-state index in [-0.39, 0.29) is 22.8 Å². The number of fused-ring (bicyclic) bond motifs is 1. The number of rotatable bonds is 15. The Morgan fingerprint density at radius 2 is 1.62 bits per heavy atom. The first-order valence-corrected chi connectivity index (χ1v) is 17.3. The maximum absolute atomic E-state index is 12.9. The minimum Gasteiger partial charge on any atom is -0.508 e. The molecule has 2 unspecified atom stereocenters. The molecule has 2 aromatic carbocycles. The highest BCUT2D eigenvalue weighted by molar-refractivity contribution is 7.99. The van der Waals surface area contributed by atoms with E-state index < -0.39 is 46.7 Å². The zero-order chi connectivity index (χ0) is 33.3. The van der Waals surface area contributed by atoms with Gasteiger partial charge in [-0.15, -0.1) is 11.8 Å². The number of carbonyl (C=O) groups is 1. The average molecular weight is 679 g/mol. The minimum atomic E-state index is -5.77. The summed E-state index contributed by atoms with van der Waals surface area (Å²) in [7, 11) is -4.38. The molecule has 0 radical (unpaired) electrons. The van der Waals surface area contributed by atoms with Crippen LogP contribution in [0, 0.1) is 0 Å². The van der Waals surface area contributed by atoms with Crippen LogP contribution in [0.15, 0.2) is 59.6 Å². The highest BCUT2D eigenvalue weighted by Crippen LogP contribution is 2.52. The second-order valence-corrected chi connectivity index (χ2v) is 14.3. The minimum absolute atomic E-state index is 0.145. The summed E-state index contributed by atoms with van der Waals surface area (Å²) in [6.45, 7) is 2.25. The van der Waals surface area contributed by atoms with Gasteiger partial charge in [-0.25, -0.2) is 17.9 Å². The highest BCUT2D eigenvalue weighted by Gasteiger charge is 2.56. The fraction of sp³-hybridized carbons (Fsp3) is 0.516. The van der Waals surface area contributed by atoms with E-state index in [4.69, 9.17) is 0 Å². The van der Waals surface area contributed by atoms with Crippen LogP contribution in [0.5, 0.6) is 11.5 Å². The second kappa shape index (κ2) is 15.5. The Kier molecular flexibility index (Phi) is 12.6. The monoisotopic (exact) mass is 678 g/mol. The summed E-state index contributed by atoms with van der Waals surface area (Å²) in [6.07, 6.45) is 0.823. The van der Waals surface area contributed by atoms with E-state index in [1.54, 1.807) is 40.8 Å². The van der Waals surface area contributed by atoms with Gasteiger partial charge in [0.15, 0.2) is 0 Å². The molecule has 7 nitrogen and oxygen atoms in total. The number of benzene rings is 2. The van der Waals surface area contributed by atoms with Crippen molar-refractivity contribution in [3.05, 3.63) is 65.9 Å². The molecule has 0 saturated carbocycles. The molecule has 14 heteroatoms. The van der Waals surface area contributed by atoms with E-state index in [1.807, 2.05) is 24.3 Å². The van der Waals surface area contributed by atoms with Crippen LogP contribution in [0.4, 0.5) is 26.7 Å². The number of amides is 2. The molecule has 0 saturated heterocycles. The third-order valence-electron chi connectivity index (χ3n) is 7.96. The number of hydrogen-bond donors (Lipinski definition) is 4. The number of hydrogen-bond acceptors (Lipinski definition) is 6. The number of halogens is 5. The molecule has 1 heterocycles. The maximum atomic E-state index is 12.9. The Morgan fingerprint density at radius 1 is 0.978 bits per heavy atom. The molecule has 0 fully saturated rings. The van der Waals surface area contributed by atoms with Crippen molar-refractivity contribution in [1.82, 2.24) is 10.0 Å². The van der Waals surface area contributed by atoms with Gasteiger partial charge < -0.3 is 15.5 Å². The van der Waals surface area contributed by atoms with Crippen molar-refractivity contribution in [3.63, 3.8) is 0 Å². The third-order valence-corrected chi connectivity index (χ3v) is 10.7. The zero-order valence-electron chi connectivity index (χ0n) is 24.9. The van der Waals surface area contributed by atoms with Crippen LogP contribution in [-0.4, -0.2) is 48.3 Å². The quantitative estimate of drug-likeness (QED) is 0.112. The van der Waals surface area contributed by atoms with Crippen LogP contribution in [0.2, 0.25) is 0 Å². The average Bonchev–Trinajstić information content (AvgIpc) is 2.94. The molecule has 2 amide bonds. The molecule has 0 bridgehead atoms. The van der Waals surface area contributed by atoms with E-state index in [0.29, 0.717) is 6.42 Å². The number of aromatic hydroxyl groups is 2. The van der Waals surface area contributed by atoms with E-state index in [0.717, 1.165) is 54.7 Å². The first kappa shape index (κ1) is 36.5. The molecule has 3 rings (SSSR count).